The third-order valence-electron chi connectivity index (χ3n) is 4.29. The van der Waals surface area contributed by atoms with Crippen LogP contribution in [0.1, 0.15) is 5.56 Å². The van der Waals surface area contributed by atoms with Crippen molar-refractivity contribution in [3.63, 3.8) is 0 Å². The Balaban J connectivity index is 1.74. The number of rotatable bonds is 3. The number of nitrogens with one attached hydrogen (secondary N) is 1. The molecule has 0 saturated heterocycles. The molecule has 2 aromatic heterocycles. The van der Waals surface area contributed by atoms with Crippen molar-refractivity contribution in [3.8, 4) is 11.3 Å². The van der Waals surface area contributed by atoms with Crippen molar-refractivity contribution < 1.29 is 0 Å². The lowest BCUT2D eigenvalue weighted by Crippen LogP contribution is -1.95. The highest BCUT2D eigenvalue weighted by atomic mass is 15.0. The van der Waals surface area contributed by atoms with E-state index in [9.17, 15) is 0 Å². The molecule has 0 unspecified atom stereocenters. The van der Waals surface area contributed by atoms with E-state index < -0.39 is 0 Å². The van der Waals surface area contributed by atoms with E-state index in [1.165, 1.54) is 22.3 Å². The second kappa shape index (κ2) is 5.85. The molecule has 0 bridgehead atoms. The predicted molar refractivity (Wildman–Crippen MR) is 101 cm³/mol. The molecule has 3 nitrogen and oxygen atoms in total. The average molecular weight is 313 g/mol. The molecule has 0 atom stereocenters. The summed E-state index contributed by atoms with van der Waals surface area (Å²) in [5.74, 6) is 0.855. The van der Waals surface area contributed by atoms with E-state index in [2.05, 4.69) is 83.4 Å². The Morgan fingerprint density at radius 3 is 2.54 bits per heavy atom. The van der Waals surface area contributed by atoms with Crippen LogP contribution in [0.3, 0.4) is 0 Å². The highest BCUT2D eigenvalue weighted by Crippen LogP contribution is 2.28. The first-order chi connectivity index (χ1) is 11.7. The molecule has 4 aromatic rings. The summed E-state index contributed by atoms with van der Waals surface area (Å²) in [6, 6.07) is 23.0. The maximum absolute atomic E-state index is 4.56. The van der Waals surface area contributed by atoms with E-state index >= 15 is 0 Å². The summed E-state index contributed by atoms with van der Waals surface area (Å²) in [7, 11) is 2.10. The molecular formula is C21H19N3. The molecule has 0 amide bonds. The number of anilines is 2. The van der Waals surface area contributed by atoms with Gasteiger partial charge in [0, 0.05) is 36.1 Å². The molecule has 3 heteroatoms. The van der Waals surface area contributed by atoms with Crippen molar-refractivity contribution in [2.75, 3.05) is 5.32 Å². The second-order valence-corrected chi connectivity index (χ2v) is 6.08. The maximum Gasteiger partial charge on any atom is 0.132 e. The molecule has 0 aliphatic rings. The van der Waals surface area contributed by atoms with Crippen LogP contribution in [-0.2, 0) is 7.05 Å². The largest absolute Gasteiger partial charge is 0.343 e. The SMILES string of the molecule is Cc1cccc(Nc2cc3c(cn2)cc(-c2ccccc2)n3C)c1. The molecule has 0 spiro atoms. The normalized spacial score (nSPS) is 10.9. The molecule has 2 heterocycles. The van der Waals surface area contributed by atoms with Gasteiger partial charge in [0.15, 0.2) is 0 Å². The number of hydrogen-bond donors (Lipinski definition) is 1. The fourth-order valence-electron chi connectivity index (χ4n) is 3.06. The van der Waals surface area contributed by atoms with Gasteiger partial charge in [-0.25, -0.2) is 4.98 Å². The first-order valence-corrected chi connectivity index (χ1v) is 8.05. The highest BCUT2D eigenvalue weighted by molar-refractivity contribution is 5.88. The zero-order valence-electron chi connectivity index (χ0n) is 13.8. The van der Waals surface area contributed by atoms with Gasteiger partial charge in [-0.15, -0.1) is 0 Å². The van der Waals surface area contributed by atoms with Crippen LogP contribution in [0.4, 0.5) is 11.5 Å². The van der Waals surface area contributed by atoms with Crippen LogP contribution < -0.4 is 5.32 Å². The first kappa shape index (κ1) is 14.5. The van der Waals surface area contributed by atoms with Crippen molar-refractivity contribution in [2.24, 2.45) is 7.05 Å². The number of nitrogens with zero attached hydrogens (tertiary/aromatic N) is 2. The second-order valence-electron chi connectivity index (χ2n) is 6.08. The minimum Gasteiger partial charge on any atom is -0.343 e. The van der Waals surface area contributed by atoms with E-state index in [1.54, 1.807) is 0 Å². The van der Waals surface area contributed by atoms with Gasteiger partial charge in [0.05, 0.1) is 5.52 Å². The van der Waals surface area contributed by atoms with E-state index in [4.69, 9.17) is 0 Å². The summed E-state index contributed by atoms with van der Waals surface area (Å²) in [5, 5.41) is 4.53. The molecule has 0 saturated carbocycles. The van der Waals surface area contributed by atoms with E-state index in [-0.39, 0.29) is 0 Å². The zero-order valence-corrected chi connectivity index (χ0v) is 13.8. The maximum atomic E-state index is 4.56. The number of benzene rings is 2. The summed E-state index contributed by atoms with van der Waals surface area (Å²) < 4.78 is 2.22. The highest BCUT2D eigenvalue weighted by Gasteiger charge is 2.09. The van der Waals surface area contributed by atoms with Crippen LogP contribution in [0.25, 0.3) is 22.2 Å². The van der Waals surface area contributed by atoms with Crippen LogP contribution in [0.15, 0.2) is 72.9 Å². The van der Waals surface area contributed by atoms with Gasteiger partial charge in [0.2, 0.25) is 0 Å². The quantitative estimate of drug-likeness (QED) is 0.557. The van der Waals surface area contributed by atoms with Crippen molar-refractivity contribution >= 4 is 22.4 Å². The number of aryl methyl sites for hydroxylation is 2. The fraction of sp³-hybridized carbons (Fsp3) is 0.0952. The Labute approximate surface area is 141 Å². The summed E-state index contributed by atoms with van der Waals surface area (Å²) in [6.45, 7) is 2.09. The van der Waals surface area contributed by atoms with Gasteiger partial charge < -0.3 is 9.88 Å². The van der Waals surface area contributed by atoms with E-state index in [1.807, 2.05) is 18.3 Å². The van der Waals surface area contributed by atoms with Crippen LogP contribution >= 0.6 is 0 Å². The Morgan fingerprint density at radius 1 is 0.917 bits per heavy atom. The van der Waals surface area contributed by atoms with Gasteiger partial charge in [-0.3, -0.25) is 0 Å². The summed E-state index contributed by atoms with van der Waals surface area (Å²) in [5.41, 5.74) is 5.86. The smallest absolute Gasteiger partial charge is 0.132 e. The van der Waals surface area contributed by atoms with Crippen molar-refractivity contribution in [3.05, 3.63) is 78.5 Å². The molecular weight excluding hydrogens is 294 g/mol. The summed E-state index contributed by atoms with van der Waals surface area (Å²) in [4.78, 5) is 4.56. The summed E-state index contributed by atoms with van der Waals surface area (Å²) in [6.07, 6.45) is 1.93. The lowest BCUT2D eigenvalue weighted by atomic mass is 10.1. The van der Waals surface area contributed by atoms with Crippen molar-refractivity contribution in [1.29, 1.82) is 0 Å². The topological polar surface area (TPSA) is 29.9 Å². The van der Waals surface area contributed by atoms with Crippen molar-refractivity contribution in [1.82, 2.24) is 9.55 Å². The van der Waals surface area contributed by atoms with Gasteiger partial charge in [0.25, 0.3) is 0 Å². The Bertz CT molecular complexity index is 1000. The number of aromatic nitrogens is 2. The van der Waals surface area contributed by atoms with Crippen LogP contribution in [0.2, 0.25) is 0 Å². The minimum atomic E-state index is 0.855. The predicted octanol–water partition coefficient (Wildman–Crippen LogP) is 5.29. The Kier molecular flexibility index (Phi) is 3.54. The van der Waals surface area contributed by atoms with Gasteiger partial charge >= 0.3 is 0 Å². The minimum absolute atomic E-state index is 0.855. The first-order valence-electron chi connectivity index (χ1n) is 8.05. The molecule has 0 aliphatic carbocycles. The molecule has 24 heavy (non-hydrogen) atoms. The number of hydrogen-bond acceptors (Lipinski definition) is 2. The third kappa shape index (κ3) is 2.65. The summed E-state index contributed by atoms with van der Waals surface area (Å²) >= 11 is 0. The van der Waals surface area contributed by atoms with Crippen molar-refractivity contribution in [2.45, 2.75) is 6.92 Å². The van der Waals surface area contributed by atoms with Gasteiger partial charge in [0.1, 0.15) is 5.82 Å². The lowest BCUT2D eigenvalue weighted by Gasteiger charge is -2.08. The van der Waals surface area contributed by atoms with Gasteiger partial charge in [-0.2, -0.15) is 0 Å². The molecule has 4 rings (SSSR count). The number of pyridine rings is 1. The van der Waals surface area contributed by atoms with E-state index in [0.717, 1.165) is 16.9 Å². The average Bonchev–Trinajstić information content (AvgIpc) is 2.92. The third-order valence-corrected chi connectivity index (χ3v) is 4.29. The zero-order chi connectivity index (χ0) is 16.5. The fourth-order valence-corrected chi connectivity index (χ4v) is 3.06. The van der Waals surface area contributed by atoms with Crippen LogP contribution in [0.5, 0.6) is 0 Å². The van der Waals surface area contributed by atoms with Gasteiger partial charge in [-0.05, 0) is 36.2 Å². The molecule has 0 fully saturated rings. The van der Waals surface area contributed by atoms with E-state index in [0.29, 0.717) is 0 Å². The Morgan fingerprint density at radius 2 is 1.75 bits per heavy atom. The molecule has 1 N–H and O–H groups in total. The molecule has 0 aliphatic heterocycles. The monoisotopic (exact) mass is 313 g/mol. The molecule has 0 radical (unpaired) electrons. The lowest BCUT2D eigenvalue weighted by molar-refractivity contribution is 0.977. The Hall–Kier alpha value is -3.07. The van der Waals surface area contributed by atoms with Crippen LogP contribution in [0, 0.1) is 6.92 Å². The van der Waals surface area contributed by atoms with Gasteiger partial charge in [-0.1, -0.05) is 42.5 Å². The van der Waals surface area contributed by atoms with Crippen LogP contribution in [-0.4, -0.2) is 9.55 Å². The molecule has 2 aromatic carbocycles. The number of fused-ring (bicyclic) bond motifs is 1. The standard InChI is InChI=1S/C21H19N3/c1-15-7-6-10-18(11-15)23-21-13-20-17(14-22-21)12-19(24(20)2)16-8-4-3-5-9-16/h3-14H,1-2H3,(H,22,23). The molecule has 118 valence electrons.